The summed E-state index contributed by atoms with van der Waals surface area (Å²) in [6.45, 7) is 0. The van der Waals surface area contributed by atoms with Crippen molar-refractivity contribution in [3.63, 3.8) is 0 Å². The minimum atomic E-state index is -0.479. The molecule has 1 unspecified atom stereocenters. The van der Waals surface area contributed by atoms with E-state index < -0.39 is 11.6 Å². The SMILES string of the molecule is Fc1cccc(F)c1NC1CCC12CCCCC2. The highest BCUT2D eigenvalue weighted by Crippen LogP contribution is 2.52. The third-order valence-electron chi connectivity index (χ3n) is 4.80. The van der Waals surface area contributed by atoms with E-state index in [4.69, 9.17) is 0 Å². The molecule has 0 bridgehead atoms. The van der Waals surface area contributed by atoms with Crippen LogP contribution in [-0.2, 0) is 0 Å². The smallest absolute Gasteiger partial charge is 0.149 e. The summed E-state index contributed by atoms with van der Waals surface area (Å²) in [5.74, 6) is -0.958. The summed E-state index contributed by atoms with van der Waals surface area (Å²) in [6.07, 6.45) is 8.49. The van der Waals surface area contributed by atoms with Crippen LogP contribution >= 0.6 is 0 Å². The zero-order valence-corrected chi connectivity index (χ0v) is 10.5. The van der Waals surface area contributed by atoms with Gasteiger partial charge in [-0.3, -0.25) is 0 Å². The van der Waals surface area contributed by atoms with Gasteiger partial charge in [-0.2, -0.15) is 0 Å². The molecule has 1 spiro atoms. The molecule has 1 aromatic carbocycles. The molecule has 3 heteroatoms. The first-order chi connectivity index (χ1) is 8.71. The highest BCUT2D eigenvalue weighted by Gasteiger charge is 2.47. The molecule has 2 saturated carbocycles. The van der Waals surface area contributed by atoms with Crippen molar-refractivity contribution in [1.82, 2.24) is 0 Å². The van der Waals surface area contributed by atoms with E-state index in [1.54, 1.807) is 0 Å². The standard InChI is InChI=1S/C15H19F2N/c16-11-5-4-6-12(17)14(11)18-13-7-10-15(13)8-2-1-3-9-15/h4-6,13,18H,1-3,7-10H2. The van der Waals surface area contributed by atoms with Crippen LogP contribution in [0.1, 0.15) is 44.9 Å². The largest absolute Gasteiger partial charge is 0.377 e. The summed E-state index contributed by atoms with van der Waals surface area (Å²) in [7, 11) is 0. The first-order valence-corrected chi connectivity index (χ1v) is 6.92. The first kappa shape index (κ1) is 11.9. The molecule has 3 rings (SSSR count). The molecule has 0 aliphatic heterocycles. The summed E-state index contributed by atoms with van der Waals surface area (Å²) in [5.41, 5.74) is 0.375. The molecule has 1 N–H and O–H groups in total. The van der Waals surface area contributed by atoms with Crippen molar-refractivity contribution < 1.29 is 8.78 Å². The van der Waals surface area contributed by atoms with E-state index in [0.717, 1.165) is 6.42 Å². The number of benzene rings is 1. The molecule has 0 amide bonds. The van der Waals surface area contributed by atoms with Gasteiger partial charge in [0.05, 0.1) is 0 Å². The lowest BCUT2D eigenvalue weighted by molar-refractivity contribution is 0.0568. The summed E-state index contributed by atoms with van der Waals surface area (Å²) in [6, 6.07) is 4.30. The molecule has 2 aliphatic rings. The van der Waals surface area contributed by atoms with Gasteiger partial charge in [0, 0.05) is 6.04 Å². The third kappa shape index (κ3) is 1.90. The fourth-order valence-corrected chi connectivity index (χ4v) is 3.59. The predicted molar refractivity (Wildman–Crippen MR) is 68.5 cm³/mol. The monoisotopic (exact) mass is 251 g/mol. The Morgan fingerprint density at radius 2 is 1.67 bits per heavy atom. The van der Waals surface area contributed by atoms with Crippen LogP contribution in [0.5, 0.6) is 0 Å². The average molecular weight is 251 g/mol. The van der Waals surface area contributed by atoms with Gasteiger partial charge in [-0.05, 0) is 43.2 Å². The molecule has 1 aromatic rings. The number of nitrogens with one attached hydrogen (secondary N) is 1. The molecule has 98 valence electrons. The van der Waals surface area contributed by atoms with Gasteiger partial charge in [0.1, 0.15) is 17.3 Å². The van der Waals surface area contributed by atoms with Crippen LogP contribution in [0.3, 0.4) is 0 Å². The van der Waals surface area contributed by atoms with Crippen LogP contribution in [0, 0.1) is 17.0 Å². The van der Waals surface area contributed by atoms with Gasteiger partial charge in [-0.25, -0.2) is 8.78 Å². The molecule has 1 atom stereocenters. The van der Waals surface area contributed by atoms with E-state index in [9.17, 15) is 8.78 Å². The zero-order valence-electron chi connectivity index (χ0n) is 10.5. The van der Waals surface area contributed by atoms with E-state index in [0.29, 0.717) is 5.41 Å². The summed E-state index contributed by atoms with van der Waals surface area (Å²) in [4.78, 5) is 0. The molecular formula is C15H19F2N. The molecule has 2 aliphatic carbocycles. The summed E-state index contributed by atoms with van der Waals surface area (Å²) < 4.78 is 27.2. The lowest BCUT2D eigenvalue weighted by Crippen LogP contribution is -2.50. The van der Waals surface area contributed by atoms with Crippen LogP contribution < -0.4 is 5.32 Å². The molecular weight excluding hydrogens is 232 g/mol. The van der Waals surface area contributed by atoms with E-state index >= 15 is 0 Å². The summed E-state index contributed by atoms with van der Waals surface area (Å²) in [5, 5.41) is 3.13. The Bertz CT molecular complexity index is 418. The van der Waals surface area contributed by atoms with Gasteiger partial charge in [-0.1, -0.05) is 25.3 Å². The highest BCUT2D eigenvalue weighted by atomic mass is 19.1. The van der Waals surface area contributed by atoms with Gasteiger partial charge in [0.2, 0.25) is 0 Å². The van der Waals surface area contributed by atoms with Crippen LogP contribution in [0.4, 0.5) is 14.5 Å². The number of rotatable bonds is 2. The topological polar surface area (TPSA) is 12.0 Å². The first-order valence-electron chi connectivity index (χ1n) is 6.92. The second kappa shape index (κ2) is 4.52. The normalized spacial score (nSPS) is 25.8. The lowest BCUT2D eigenvalue weighted by Gasteiger charge is -2.52. The molecule has 1 nitrogen and oxygen atoms in total. The van der Waals surface area contributed by atoms with E-state index in [2.05, 4.69) is 5.32 Å². The van der Waals surface area contributed by atoms with Gasteiger partial charge in [0.25, 0.3) is 0 Å². The Morgan fingerprint density at radius 3 is 2.22 bits per heavy atom. The van der Waals surface area contributed by atoms with Crippen molar-refractivity contribution >= 4 is 5.69 Å². The van der Waals surface area contributed by atoms with E-state index in [1.807, 2.05) is 0 Å². The molecule has 0 saturated heterocycles. The Kier molecular flexibility index (Phi) is 3.00. The van der Waals surface area contributed by atoms with Crippen molar-refractivity contribution in [2.24, 2.45) is 5.41 Å². The molecule has 18 heavy (non-hydrogen) atoms. The van der Waals surface area contributed by atoms with Gasteiger partial charge < -0.3 is 5.32 Å². The second-order valence-electron chi connectivity index (χ2n) is 5.76. The van der Waals surface area contributed by atoms with Crippen LogP contribution in [0.25, 0.3) is 0 Å². The van der Waals surface area contributed by atoms with Crippen LogP contribution in [0.15, 0.2) is 18.2 Å². The maximum Gasteiger partial charge on any atom is 0.149 e. The minimum absolute atomic E-state index is 0.0622. The third-order valence-corrected chi connectivity index (χ3v) is 4.80. The molecule has 0 aromatic heterocycles. The number of hydrogen-bond acceptors (Lipinski definition) is 1. The Balaban J connectivity index is 1.77. The van der Waals surface area contributed by atoms with Crippen molar-refractivity contribution in [3.05, 3.63) is 29.8 Å². The van der Waals surface area contributed by atoms with Gasteiger partial charge in [0.15, 0.2) is 0 Å². The fraction of sp³-hybridized carbons (Fsp3) is 0.600. The highest BCUT2D eigenvalue weighted by molar-refractivity contribution is 5.48. The lowest BCUT2D eigenvalue weighted by atomic mass is 9.57. The maximum absolute atomic E-state index is 13.6. The van der Waals surface area contributed by atoms with E-state index in [-0.39, 0.29) is 11.7 Å². The number of halogens is 2. The molecule has 0 heterocycles. The number of hydrogen-bond donors (Lipinski definition) is 1. The number of para-hydroxylation sites is 1. The van der Waals surface area contributed by atoms with Crippen molar-refractivity contribution in [2.45, 2.75) is 51.0 Å². The Morgan fingerprint density at radius 1 is 1.00 bits per heavy atom. The summed E-state index contributed by atoms with van der Waals surface area (Å²) >= 11 is 0. The molecule has 2 fully saturated rings. The average Bonchev–Trinajstić information content (AvgIpc) is 2.38. The maximum atomic E-state index is 13.6. The Labute approximate surface area is 107 Å². The van der Waals surface area contributed by atoms with Crippen molar-refractivity contribution in [1.29, 1.82) is 0 Å². The zero-order chi connectivity index (χ0) is 12.6. The van der Waals surface area contributed by atoms with Gasteiger partial charge >= 0.3 is 0 Å². The minimum Gasteiger partial charge on any atom is -0.377 e. The van der Waals surface area contributed by atoms with Gasteiger partial charge in [-0.15, -0.1) is 0 Å². The Hall–Kier alpha value is -1.12. The van der Waals surface area contributed by atoms with E-state index in [1.165, 1.54) is 56.7 Å². The second-order valence-corrected chi connectivity index (χ2v) is 5.76. The number of anilines is 1. The van der Waals surface area contributed by atoms with Crippen molar-refractivity contribution in [3.8, 4) is 0 Å². The van der Waals surface area contributed by atoms with Crippen LogP contribution in [-0.4, -0.2) is 6.04 Å². The quantitative estimate of drug-likeness (QED) is 0.816. The molecule has 0 radical (unpaired) electrons. The van der Waals surface area contributed by atoms with Crippen molar-refractivity contribution in [2.75, 3.05) is 5.32 Å². The predicted octanol–water partition coefficient (Wildman–Crippen LogP) is 4.49. The van der Waals surface area contributed by atoms with Crippen LogP contribution in [0.2, 0.25) is 0 Å². The fourth-order valence-electron chi connectivity index (χ4n) is 3.59.